The Bertz CT molecular complexity index is 826. The van der Waals surface area contributed by atoms with Gasteiger partial charge in [0.15, 0.2) is 5.65 Å². The fourth-order valence-electron chi connectivity index (χ4n) is 3.31. The van der Waals surface area contributed by atoms with Gasteiger partial charge in [0, 0.05) is 25.8 Å². The van der Waals surface area contributed by atoms with Crippen LogP contribution in [-0.4, -0.2) is 44.2 Å². The number of piperidine rings is 1. The number of hydrogen-bond donors (Lipinski definition) is 0. The van der Waals surface area contributed by atoms with E-state index in [0.29, 0.717) is 19.5 Å². The lowest BCUT2D eigenvalue weighted by molar-refractivity contribution is -0.147. The molecule has 148 valence electrons. The van der Waals surface area contributed by atoms with Crippen molar-refractivity contribution in [3.05, 3.63) is 24.2 Å². The van der Waals surface area contributed by atoms with Crippen molar-refractivity contribution >= 4 is 17.3 Å². The third-order valence-electron chi connectivity index (χ3n) is 4.37. The molecular weight excluding hydrogens is 361 g/mol. The zero-order valence-electron chi connectivity index (χ0n) is 15.6. The first-order valence-electron chi connectivity index (χ1n) is 8.91. The highest BCUT2D eigenvalue weighted by molar-refractivity contribution is 5.71. The van der Waals surface area contributed by atoms with Gasteiger partial charge in [0.2, 0.25) is 5.82 Å². The van der Waals surface area contributed by atoms with Crippen LogP contribution >= 0.6 is 0 Å². The standard InChI is InChI=1S/C18H23F3N4O2/c1-17(2,3)27-16(26)24-9-5-6-12(10-24)11-25-14-13(7-4-8-22-14)23-15(25)18(19,20)21/h4,7-8,12H,5-6,9-11H2,1-3H3/t12-/m0/s1. The molecule has 0 unspecified atom stereocenters. The summed E-state index contributed by atoms with van der Waals surface area (Å²) in [6.07, 6.45) is -2.11. The van der Waals surface area contributed by atoms with Gasteiger partial charge in [-0.05, 0) is 51.7 Å². The summed E-state index contributed by atoms with van der Waals surface area (Å²) in [5, 5.41) is 0. The second-order valence-electron chi connectivity index (χ2n) is 7.82. The number of ether oxygens (including phenoxy) is 1. The molecule has 0 N–H and O–H groups in total. The second-order valence-corrected chi connectivity index (χ2v) is 7.82. The van der Waals surface area contributed by atoms with Gasteiger partial charge in [-0.15, -0.1) is 0 Å². The van der Waals surface area contributed by atoms with Crippen molar-refractivity contribution < 1.29 is 22.7 Å². The van der Waals surface area contributed by atoms with Gasteiger partial charge in [0.1, 0.15) is 11.1 Å². The van der Waals surface area contributed by atoms with Crippen LogP contribution < -0.4 is 0 Å². The number of carbonyl (C=O) groups excluding carboxylic acids is 1. The van der Waals surface area contributed by atoms with E-state index in [0.717, 1.165) is 11.0 Å². The molecule has 27 heavy (non-hydrogen) atoms. The molecule has 9 heteroatoms. The van der Waals surface area contributed by atoms with Crippen LogP contribution in [-0.2, 0) is 17.5 Å². The third-order valence-corrected chi connectivity index (χ3v) is 4.37. The highest BCUT2D eigenvalue weighted by Crippen LogP contribution is 2.32. The van der Waals surface area contributed by atoms with Crippen LogP contribution in [0.4, 0.5) is 18.0 Å². The van der Waals surface area contributed by atoms with E-state index in [-0.39, 0.29) is 23.6 Å². The van der Waals surface area contributed by atoms with Crippen LogP contribution in [0.3, 0.4) is 0 Å². The number of likely N-dealkylation sites (tertiary alicyclic amines) is 1. The fraction of sp³-hybridized carbons (Fsp3) is 0.611. The van der Waals surface area contributed by atoms with Gasteiger partial charge in [-0.3, -0.25) is 0 Å². The van der Waals surface area contributed by atoms with Gasteiger partial charge in [-0.2, -0.15) is 13.2 Å². The van der Waals surface area contributed by atoms with Crippen molar-refractivity contribution in [1.82, 2.24) is 19.4 Å². The zero-order chi connectivity index (χ0) is 19.8. The predicted octanol–water partition coefficient (Wildman–Crippen LogP) is 4.10. The molecule has 1 saturated heterocycles. The monoisotopic (exact) mass is 384 g/mol. The summed E-state index contributed by atoms with van der Waals surface area (Å²) in [5.74, 6) is -1.09. The highest BCUT2D eigenvalue weighted by atomic mass is 19.4. The van der Waals surface area contributed by atoms with Crippen LogP contribution in [0.25, 0.3) is 11.2 Å². The molecule has 0 bridgehead atoms. The number of carbonyl (C=O) groups is 1. The van der Waals surface area contributed by atoms with Crippen LogP contribution in [0.15, 0.2) is 18.3 Å². The summed E-state index contributed by atoms with van der Waals surface area (Å²) < 4.78 is 46.8. The number of alkyl halides is 3. The maximum absolute atomic E-state index is 13.4. The molecule has 6 nitrogen and oxygen atoms in total. The van der Waals surface area contributed by atoms with E-state index in [1.165, 1.54) is 12.3 Å². The number of halogens is 3. The van der Waals surface area contributed by atoms with Crippen LogP contribution in [0, 0.1) is 5.92 Å². The van der Waals surface area contributed by atoms with Crippen LogP contribution in [0.2, 0.25) is 0 Å². The molecule has 0 radical (unpaired) electrons. The molecular formula is C18H23F3N4O2. The van der Waals surface area contributed by atoms with E-state index in [2.05, 4.69) is 9.97 Å². The summed E-state index contributed by atoms with van der Waals surface area (Å²) in [4.78, 5) is 21.7. The van der Waals surface area contributed by atoms with E-state index >= 15 is 0 Å². The first kappa shape index (κ1) is 19.4. The number of rotatable bonds is 2. The van der Waals surface area contributed by atoms with Gasteiger partial charge in [0.05, 0.1) is 0 Å². The first-order valence-corrected chi connectivity index (χ1v) is 8.91. The summed E-state index contributed by atoms with van der Waals surface area (Å²) in [5.41, 5.74) is -0.193. The maximum atomic E-state index is 13.4. The Morgan fingerprint density at radius 3 is 2.74 bits per heavy atom. The number of pyridine rings is 1. The van der Waals surface area contributed by atoms with Crippen molar-refractivity contribution in [3.8, 4) is 0 Å². The summed E-state index contributed by atoms with van der Waals surface area (Å²) >= 11 is 0. The molecule has 1 atom stereocenters. The van der Waals surface area contributed by atoms with E-state index in [1.54, 1.807) is 31.7 Å². The largest absolute Gasteiger partial charge is 0.449 e. The first-order chi connectivity index (χ1) is 12.5. The van der Waals surface area contributed by atoms with E-state index in [9.17, 15) is 18.0 Å². The molecule has 2 aromatic rings. The Hall–Kier alpha value is -2.32. The Morgan fingerprint density at radius 2 is 2.07 bits per heavy atom. The molecule has 1 amide bonds. The van der Waals surface area contributed by atoms with Crippen molar-refractivity contribution in [1.29, 1.82) is 0 Å². The Kier molecular flexibility index (Phi) is 5.05. The van der Waals surface area contributed by atoms with Gasteiger partial charge in [0.25, 0.3) is 0 Å². The third kappa shape index (κ3) is 4.51. The minimum Gasteiger partial charge on any atom is -0.444 e. The molecule has 1 fully saturated rings. The lowest BCUT2D eigenvalue weighted by Crippen LogP contribution is -2.43. The van der Waals surface area contributed by atoms with Crippen molar-refractivity contribution in [2.45, 2.75) is 51.9 Å². The quantitative estimate of drug-likeness (QED) is 0.782. The smallest absolute Gasteiger partial charge is 0.444 e. The number of hydrogen-bond acceptors (Lipinski definition) is 4. The molecule has 3 rings (SSSR count). The maximum Gasteiger partial charge on any atom is 0.449 e. The Balaban J connectivity index is 1.82. The topological polar surface area (TPSA) is 60.2 Å². The van der Waals surface area contributed by atoms with E-state index < -0.39 is 23.7 Å². The fourth-order valence-corrected chi connectivity index (χ4v) is 3.31. The normalized spacial score (nSPS) is 18.7. The minimum atomic E-state index is -4.57. The average Bonchev–Trinajstić information content (AvgIpc) is 2.93. The lowest BCUT2D eigenvalue weighted by atomic mass is 9.98. The molecule has 0 aliphatic carbocycles. The van der Waals surface area contributed by atoms with Gasteiger partial charge in [-0.1, -0.05) is 0 Å². The Labute approximate surface area is 155 Å². The lowest BCUT2D eigenvalue weighted by Gasteiger charge is -2.34. The SMILES string of the molecule is CC(C)(C)OC(=O)N1CCC[C@H](Cn2c(C(F)(F)F)nc3cccnc32)C1. The van der Waals surface area contributed by atoms with Gasteiger partial charge < -0.3 is 14.2 Å². The molecule has 3 heterocycles. The minimum absolute atomic E-state index is 0.0989. The molecule has 0 saturated carbocycles. The van der Waals surface area contributed by atoms with E-state index in [1.807, 2.05) is 0 Å². The molecule has 0 aromatic carbocycles. The van der Waals surface area contributed by atoms with Gasteiger partial charge >= 0.3 is 12.3 Å². The number of amides is 1. The van der Waals surface area contributed by atoms with Crippen LogP contribution in [0.1, 0.15) is 39.4 Å². The van der Waals surface area contributed by atoms with Crippen molar-refractivity contribution in [2.24, 2.45) is 5.92 Å². The van der Waals surface area contributed by atoms with Crippen molar-refractivity contribution in [3.63, 3.8) is 0 Å². The molecule has 1 aliphatic rings. The molecule has 2 aromatic heterocycles. The average molecular weight is 384 g/mol. The number of aromatic nitrogens is 3. The summed E-state index contributed by atoms with van der Waals surface area (Å²) in [6.45, 7) is 6.34. The number of fused-ring (bicyclic) bond motifs is 1. The Morgan fingerprint density at radius 1 is 1.33 bits per heavy atom. The van der Waals surface area contributed by atoms with Crippen LogP contribution in [0.5, 0.6) is 0 Å². The predicted molar refractivity (Wildman–Crippen MR) is 93.1 cm³/mol. The highest BCUT2D eigenvalue weighted by Gasteiger charge is 2.39. The second kappa shape index (κ2) is 7.01. The summed E-state index contributed by atoms with van der Waals surface area (Å²) in [6, 6.07) is 3.08. The van der Waals surface area contributed by atoms with Crippen molar-refractivity contribution in [2.75, 3.05) is 13.1 Å². The number of nitrogens with zero attached hydrogens (tertiary/aromatic N) is 4. The van der Waals surface area contributed by atoms with Gasteiger partial charge in [-0.25, -0.2) is 14.8 Å². The summed E-state index contributed by atoms with van der Waals surface area (Å²) in [7, 11) is 0. The molecule has 0 spiro atoms. The molecule has 1 aliphatic heterocycles. The van der Waals surface area contributed by atoms with E-state index in [4.69, 9.17) is 4.74 Å². The zero-order valence-corrected chi connectivity index (χ0v) is 15.6. The number of imidazole rings is 1.